The Kier molecular flexibility index (Phi) is 54.2. The molecule has 139 heavy (non-hydrogen) atoms. The molecule has 6 bridgehead atoms. The van der Waals surface area contributed by atoms with Crippen molar-refractivity contribution in [3.05, 3.63) is 0 Å². The van der Waals surface area contributed by atoms with Crippen LogP contribution in [-0.2, 0) is 90.5 Å². The number of ether oxygens (including phenoxy) is 10. The number of halogens is 18. The molecule has 810 valence electrons. The Morgan fingerprint density at radius 2 is 0.590 bits per heavy atom. The van der Waals surface area contributed by atoms with Gasteiger partial charge in [0.2, 0.25) is 0 Å². The van der Waals surface area contributed by atoms with E-state index in [-0.39, 0.29) is 83.3 Å². The van der Waals surface area contributed by atoms with Crippen LogP contribution in [0.3, 0.4) is 0 Å². The highest BCUT2D eigenvalue weighted by Gasteiger charge is 2.55. The molecule has 0 aromatic heterocycles. The van der Waals surface area contributed by atoms with Gasteiger partial charge in [-0.1, -0.05) is 175 Å². The van der Waals surface area contributed by atoms with Gasteiger partial charge in [0.1, 0.15) is 6.61 Å². The normalized spacial score (nSPS) is 25.1. The number of hydrogen-bond acceptors (Lipinski definition) is 19. The number of hydrogen-bond donors (Lipinski definition) is 0. The summed E-state index contributed by atoms with van der Waals surface area (Å²) in [5.41, 5.74) is 0.296. The SMILES string of the molecule is CC(F)(F)C(=O)OCC1CC2CCC1C2.CC(F)(F)C(=O)OCC1CCC2CC1C2(C)C.CC(F)(F)C(=O)OCC1CCCCC1.CC(F)(F)C(=O)OCC1CCCCCC1.CC(F)(F)C(=O)OCC1CCCCO1.CC(F)(F)C(=O)OCCC1CCCCC1.CC(F)(F)C(=O)OCCCC1CCCCC1.CC(F)(F)C(=O)OCCCCC1CCCCC1.CC1C2CCC(C2)C1COC(=O)C(C)(F)F. The second kappa shape index (κ2) is 60.1. The summed E-state index contributed by atoms with van der Waals surface area (Å²) in [4.78, 5) is 97.3. The summed E-state index contributed by atoms with van der Waals surface area (Å²) >= 11 is 0. The van der Waals surface area contributed by atoms with Gasteiger partial charge in [-0.15, -0.1) is 0 Å². The van der Waals surface area contributed by atoms with Gasteiger partial charge in [0.15, 0.2) is 0 Å². The lowest BCUT2D eigenvalue weighted by molar-refractivity contribution is -0.178. The summed E-state index contributed by atoms with van der Waals surface area (Å²) < 4.78 is 271. The van der Waals surface area contributed by atoms with Crippen molar-refractivity contribution in [3.63, 3.8) is 0 Å². The van der Waals surface area contributed by atoms with Crippen molar-refractivity contribution in [2.75, 3.05) is 66.1 Å². The van der Waals surface area contributed by atoms with Crippen molar-refractivity contribution in [1.82, 2.24) is 0 Å². The first-order valence-electron chi connectivity index (χ1n) is 51.2. The highest BCUT2D eigenvalue weighted by molar-refractivity contribution is 5.80. The topological polar surface area (TPSA) is 246 Å². The molecule has 1 saturated heterocycles. The van der Waals surface area contributed by atoms with E-state index in [1.807, 2.05) is 0 Å². The van der Waals surface area contributed by atoms with Gasteiger partial charge in [0.05, 0.1) is 59.0 Å². The first-order chi connectivity index (χ1) is 64.6. The monoisotopic (exact) mass is 2030 g/mol. The number of carbonyl (C=O) groups is 9. The summed E-state index contributed by atoms with van der Waals surface area (Å²) in [5, 5.41) is 0. The molecule has 0 spiro atoms. The molecular weight excluding hydrogens is 1870 g/mol. The summed E-state index contributed by atoms with van der Waals surface area (Å²) in [7, 11) is 0. The fraction of sp³-hybridized carbons (Fsp3) is 0.912. The van der Waals surface area contributed by atoms with E-state index in [0.29, 0.717) is 135 Å². The maximum absolute atomic E-state index is 12.7. The maximum Gasteiger partial charge on any atom is 0.376 e. The van der Waals surface area contributed by atoms with Crippen LogP contribution in [-0.4, -0.2) is 179 Å². The predicted molar refractivity (Wildman–Crippen MR) is 484 cm³/mol. The lowest BCUT2D eigenvalue weighted by Crippen LogP contribution is -2.53. The van der Waals surface area contributed by atoms with Crippen LogP contribution in [0.2, 0.25) is 0 Å². The lowest BCUT2D eigenvalue weighted by Gasteiger charge is -2.60. The van der Waals surface area contributed by atoms with Gasteiger partial charge in [-0.3, -0.25) is 0 Å². The van der Waals surface area contributed by atoms with Crippen molar-refractivity contribution >= 4 is 53.7 Å². The van der Waals surface area contributed by atoms with Crippen LogP contribution < -0.4 is 0 Å². The third-order valence-corrected chi connectivity index (χ3v) is 29.4. The van der Waals surface area contributed by atoms with E-state index < -0.39 is 107 Å². The van der Waals surface area contributed by atoms with Crippen LogP contribution in [0.4, 0.5) is 79.0 Å². The molecule has 37 heteroatoms. The minimum Gasteiger partial charge on any atom is -0.461 e. The maximum atomic E-state index is 12.7. The standard InChI is InChI=1S/C13H20F2O2.C13H22F2O2.C12H18F2O2.C12H20F2O2.C11H16F2O2.2C11H18F2O2.C10H16F2O2.C9H14F2O3/c1-12(2)9-5-4-8(10(12)6-9)7-17-11(16)13(3,14)15;1-13(14,15)12(16)17-10-6-5-9-11-7-3-2-4-8-11;1-7-8-3-4-9(5-8)10(7)6-16-11(15)12(2,13)14;1-12(13,14)11(15)16-9-5-8-10-6-3-2-4-7-10;1-11(12,13)10(14)15-6-9-5-7-2-3-8(9)4-7;1-11(12,13)10(14)15-8-7-9-5-3-2-4-6-9;1-11(12,13)10(14)15-8-9-6-4-2-3-5-7-9;1-10(11,12)9(13)14-7-8-5-3-2-4-6-8;1-9(10,11)8(12)14-6-7-4-2-3-5-13-7/h8-10H,4-7H2,1-3H3;11H,2-10H2,1H3;7-10H,3-6H2,1-2H3;10H,2-9H2,1H3;7-9H,2-6H2,1H3;2*9H,2-8H2,1H3;8H,2-7H2,1H3;7H,2-6H2,1H3. The first kappa shape index (κ1) is 125. The van der Waals surface area contributed by atoms with Crippen LogP contribution in [0, 0.1) is 94.2 Å². The van der Waals surface area contributed by atoms with Crippen LogP contribution >= 0.6 is 0 Å². The van der Waals surface area contributed by atoms with Gasteiger partial charge in [-0.2, -0.15) is 79.0 Å². The third kappa shape index (κ3) is 50.1. The molecule has 12 saturated carbocycles. The van der Waals surface area contributed by atoms with Crippen LogP contribution in [0.15, 0.2) is 0 Å². The fourth-order valence-corrected chi connectivity index (χ4v) is 20.8. The average Bonchev–Trinajstić information content (AvgIpc) is 1.18. The molecule has 0 aromatic carbocycles. The average molecular weight is 2030 g/mol. The third-order valence-electron chi connectivity index (χ3n) is 29.4. The molecule has 0 N–H and O–H groups in total. The Bertz CT molecular complexity index is 3490. The van der Waals surface area contributed by atoms with Crippen molar-refractivity contribution in [2.24, 2.45) is 94.2 Å². The molecule has 13 fully saturated rings. The summed E-state index contributed by atoms with van der Waals surface area (Å²) in [6.07, 6.45) is 50.2. The number of unbranched alkanes of at least 4 members (excludes halogenated alkanes) is 1. The van der Waals surface area contributed by atoms with E-state index in [4.69, 9.17) is 14.2 Å². The van der Waals surface area contributed by atoms with E-state index >= 15 is 0 Å². The fourth-order valence-electron chi connectivity index (χ4n) is 20.8. The zero-order chi connectivity index (χ0) is 104. The number of rotatable bonds is 33. The molecule has 12 aliphatic carbocycles. The molecule has 1 heterocycles. The Balaban J connectivity index is 0.000000327. The van der Waals surface area contributed by atoms with E-state index in [9.17, 15) is 122 Å². The molecule has 11 unspecified atom stereocenters. The molecule has 19 nitrogen and oxygen atoms in total. The highest BCUT2D eigenvalue weighted by atomic mass is 19.3. The second-order valence-corrected chi connectivity index (χ2v) is 42.3. The predicted octanol–water partition coefficient (Wildman–Crippen LogP) is 27.1. The van der Waals surface area contributed by atoms with E-state index in [1.165, 1.54) is 141 Å². The largest absolute Gasteiger partial charge is 0.461 e. The Morgan fingerprint density at radius 3 is 0.935 bits per heavy atom. The Hall–Kier alpha value is -6.07. The van der Waals surface area contributed by atoms with E-state index in [2.05, 4.69) is 53.9 Å². The molecule has 13 aliphatic rings. The number of esters is 9. The van der Waals surface area contributed by atoms with E-state index in [0.717, 1.165) is 159 Å². The van der Waals surface area contributed by atoms with Crippen molar-refractivity contribution < 1.29 is 170 Å². The zero-order valence-corrected chi connectivity index (χ0v) is 84.2. The minimum absolute atomic E-state index is 0.0672. The quantitative estimate of drug-likeness (QED) is 0.0195. The van der Waals surface area contributed by atoms with Crippen molar-refractivity contribution in [2.45, 2.75) is 431 Å². The molecule has 0 amide bonds. The summed E-state index contributed by atoms with van der Waals surface area (Å²) in [5.74, 6) is -34.9. The number of fused-ring (bicyclic) bond motifs is 6. The molecule has 13 rings (SSSR count). The molecule has 0 aromatic rings. The van der Waals surface area contributed by atoms with Crippen LogP contribution in [0.1, 0.15) is 372 Å². The van der Waals surface area contributed by atoms with E-state index in [1.54, 1.807) is 0 Å². The van der Waals surface area contributed by atoms with Gasteiger partial charge in [0.25, 0.3) is 0 Å². The van der Waals surface area contributed by atoms with Gasteiger partial charge < -0.3 is 47.4 Å². The van der Waals surface area contributed by atoms with Crippen molar-refractivity contribution in [3.8, 4) is 0 Å². The zero-order valence-electron chi connectivity index (χ0n) is 84.2. The Labute approximate surface area is 811 Å². The summed E-state index contributed by atoms with van der Waals surface area (Å²) in [6.45, 7) is 13.5. The smallest absolute Gasteiger partial charge is 0.376 e. The summed E-state index contributed by atoms with van der Waals surface area (Å²) in [6, 6.07) is 0. The minimum atomic E-state index is -3.41. The molecule has 11 atom stereocenters. The molecule has 0 radical (unpaired) electrons. The number of alkyl halides is 18. The first-order valence-corrected chi connectivity index (χ1v) is 51.2. The second-order valence-electron chi connectivity index (χ2n) is 42.3. The lowest BCUT2D eigenvalue weighted by atomic mass is 9.46. The molecule has 1 aliphatic heterocycles. The molecular formula is C102H162F18O19. The Morgan fingerprint density at radius 1 is 0.273 bits per heavy atom. The van der Waals surface area contributed by atoms with Crippen LogP contribution in [0.5, 0.6) is 0 Å². The number of carbonyl (C=O) groups excluding carboxylic acids is 9. The van der Waals surface area contributed by atoms with Crippen LogP contribution in [0.25, 0.3) is 0 Å². The van der Waals surface area contributed by atoms with Crippen molar-refractivity contribution in [1.29, 1.82) is 0 Å². The van der Waals surface area contributed by atoms with Gasteiger partial charge >= 0.3 is 107 Å². The van der Waals surface area contributed by atoms with Gasteiger partial charge in [0, 0.05) is 68.9 Å². The highest BCUT2D eigenvalue weighted by Crippen LogP contribution is 2.61. The van der Waals surface area contributed by atoms with Gasteiger partial charge in [-0.25, -0.2) is 43.2 Å². The van der Waals surface area contributed by atoms with Gasteiger partial charge in [-0.05, 0) is 229 Å².